The SMILES string of the molecule is COC(=O)N[C@H](C(=O)N[C@@H](Cc1ccccc1)C[C@H](O)[C@H](Cc1ccc(-c2ccc(O)cc2)cc1)NC[C@@H](NC(=O)OC)C(C)(C)C)C(C)(C)C. The first-order valence-electron chi connectivity index (χ1n) is 17.3. The van der Waals surface area contributed by atoms with Crippen molar-refractivity contribution in [3.8, 4) is 16.9 Å². The molecule has 5 atom stereocenters. The Labute approximate surface area is 302 Å². The van der Waals surface area contributed by atoms with E-state index in [2.05, 4.69) is 21.3 Å². The summed E-state index contributed by atoms with van der Waals surface area (Å²) in [6.45, 7) is 12.0. The molecule has 3 rings (SSSR count). The van der Waals surface area contributed by atoms with Crippen molar-refractivity contribution < 1.29 is 34.1 Å². The largest absolute Gasteiger partial charge is 0.508 e. The van der Waals surface area contributed by atoms with Crippen LogP contribution in [-0.4, -0.2) is 79.3 Å². The average Bonchev–Trinajstić information content (AvgIpc) is 3.08. The summed E-state index contributed by atoms with van der Waals surface area (Å²) in [5.74, 6) is -0.186. The van der Waals surface area contributed by atoms with E-state index in [0.717, 1.165) is 22.3 Å². The third-order valence-corrected chi connectivity index (χ3v) is 8.95. The molecule has 3 aromatic carbocycles. The van der Waals surface area contributed by atoms with Crippen LogP contribution in [0.15, 0.2) is 78.9 Å². The molecule has 3 aromatic rings. The van der Waals surface area contributed by atoms with Gasteiger partial charge in [-0.2, -0.15) is 0 Å². The van der Waals surface area contributed by atoms with E-state index in [9.17, 15) is 24.6 Å². The highest BCUT2D eigenvalue weighted by Gasteiger charge is 2.35. The molecule has 11 nitrogen and oxygen atoms in total. The number of hydrogen-bond acceptors (Lipinski definition) is 8. The van der Waals surface area contributed by atoms with E-state index in [1.54, 1.807) is 12.1 Å². The smallest absolute Gasteiger partial charge is 0.407 e. The monoisotopic (exact) mass is 704 g/mol. The summed E-state index contributed by atoms with van der Waals surface area (Å²) >= 11 is 0. The number of carbonyl (C=O) groups is 3. The number of methoxy groups -OCH3 is 2. The quantitative estimate of drug-likeness (QED) is 0.120. The van der Waals surface area contributed by atoms with Crippen molar-refractivity contribution in [2.24, 2.45) is 10.8 Å². The Morgan fingerprint density at radius 2 is 1.22 bits per heavy atom. The minimum absolute atomic E-state index is 0.198. The van der Waals surface area contributed by atoms with Gasteiger partial charge in [-0.3, -0.25) is 4.79 Å². The first kappa shape index (κ1) is 40.8. The van der Waals surface area contributed by atoms with Crippen molar-refractivity contribution in [3.63, 3.8) is 0 Å². The van der Waals surface area contributed by atoms with E-state index in [1.807, 2.05) is 108 Å². The summed E-state index contributed by atoms with van der Waals surface area (Å²) < 4.78 is 9.68. The van der Waals surface area contributed by atoms with Crippen LogP contribution in [-0.2, 0) is 27.1 Å². The predicted octanol–water partition coefficient (Wildman–Crippen LogP) is 5.58. The molecule has 0 fully saturated rings. The molecule has 11 heteroatoms. The Kier molecular flexibility index (Phi) is 14.9. The van der Waals surface area contributed by atoms with Crippen LogP contribution in [0.2, 0.25) is 0 Å². The van der Waals surface area contributed by atoms with Gasteiger partial charge in [0.1, 0.15) is 11.8 Å². The number of carbonyl (C=O) groups excluding carboxylic acids is 3. The zero-order chi connectivity index (χ0) is 37.8. The molecule has 0 radical (unpaired) electrons. The molecule has 51 heavy (non-hydrogen) atoms. The third kappa shape index (κ3) is 13.2. The van der Waals surface area contributed by atoms with Gasteiger partial charge in [0.05, 0.1) is 20.3 Å². The van der Waals surface area contributed by atoms with Gasteiger partial charge in [0.15, 0.2) is 0 Å². The number of aromatic hydroxyl groups is 1. The number of amides is 3. The van der Waals surface area contributed by atoms with E-state index >= 15 is 0 Å². The minimum Gasteiger partial charge on any atom is -0.508 e. The molecule has 0 saturated carbocycles. The molecule has 0 aliphatic rings. The summed E-state index contributed by atoms with van der Waals surface area (Å²) in [4.78, 5) is 38.2. The number of hydrogen-bond donors (Lipinski definition) is 6. The lowest BCUT2D eigenvalue weighted by Crippen LogP contribution is -2.57. The molecule has 278 valence electrons. The lowest BCUT2D eigenvalue weighted by Gasteiger charge is -2.35. The highest BCUT2D eigenvalue weighted by molar-refractivity contribution is 5.86. The molecule has 0 spiro atoms. The van der Waals surface area contributed by atoms with Gasteiger partial charge in [0.25, 0.3) is 0 Å². The Balaban J connectivity index is 1.92. The molecule has 0 saturated heterocycles. The lowest BCUT2D eigenvalue weighted by atomic mass is 9.85. The number of phenolic OH excluding ortho intramolecular Hbond substituents is 1. The van der Waals surface area contributed by atoms with Crippen LogP contribution in [0.5, 0.6) is 5.75 Å². The molecule has 3 amide bonds. The molecule has 0 heterocycles. The molecule has 0 aliphatic heterocycles. The number of alkyl carbamates (subject to hydrolysis) is 2. The topological polar surface area (TPSA) is 158 Å². The zero-order valence-corrected chi connectivity index (χ0v) is 31.2. The molecule has 6 N–H and O–H groups in total. The number of aliphatic hydroxyl groups is 1. The van der Waals surface area contributed by atoms with Gasteiger partial charge in [-0.05, 0) is 64.5 Å². The number of aliphatic hydroxyl groups excluding tert-OH is 1. The normalized spacial score (nSPS) is 14.7. The van der Waals surface area contributed by atoms with Gasteiger partial charge in [0, 0.05) is 24.7 Å². The van der Waals surface area contributed by atoms with E-state index < -0.39 is 41.8 Å². The summed E-state index contributed by atoms with van der Waals surface area (Å²) in [5, 5.41) is 33.9. The van der Waals surface area contributed by atoms with Gasteiger partial charge < -0.3 is 41.0 Å². The first-order valence-corrected chi connectivity index (χ1v) is 17.3. The summed E-state index contributed by atoms with van der Waals surface area (Å²) in [6, 6.07) is 22.5. The van der Waals surface area contributed by atoms with Crippen molar-refractivity contribution >= 4 is 18.1 Å². The Morgan fingerprint density at radius 3 is 1.75 bits per heavy atom. The first-order chi connectivity index (χ1) is 24.0. The molecular formula is C40H56N4O7. The standard InChI is InChI=1S/C40H56N4O7/c1-39(2,3)34(43-37(48)50-7)25-41-32(23-27-14-16-28(17-15-27)29-18-20-31(45)21-19-29)33(46)24-30(22-26-12-10-9-11-13-26)42-36(47)35(40(4,5)6)44-38(49)51-8/h9-21,30,32-35,41,45-46H,22-25H2,1-8H3,(H,42,47)(H,43,48)(H,44,49)/t30-,32-,33-,34+,35+/m0/s1. The van der Waals surface area contributed by atoms with Crippen molar-refractivity contribution in [3.05, 3.63) is 90.0 Å². The molecule has 0 aliphatic carbocycles. The number of benzene rings is 3. The molecular weight excluding hydrogens is 648 g/mol. The second kappa shape index (κ2) is 18.6. The van der Waals surface area contributed by atoms with Gasteiger partial charge >= 0.3 is 12.2 Å². The second-order valence-electron chi connectivity index (χ2n) is 15.2. The van der Waals surface area contributed by atoms with Crippen LogP contribution in [0.4, 0.5) is 9.59 Å². The maximum Gasteiger partial charge on any atom is 0.407 e. The average molecular weight is 705 g/mol. The number of phenols is 1. The highest BCUT2D eigenvalue weighted by atomic mass is 16.5. The Hall–Kier alpha value is -4.61. The maximum atomic E-state index is 13.8. The van der Waals surface area contributed by atoms with Gasteiger partial charge in [-0.25, -0.2) is 9.59 Å². The summed E-state index contributed by atoms with van der Waals surface area (Å²) in [6.07, 6.45) is -1.09. The van der Waals surface area contributed by atoms with E-state index in [-0.39, 0.29) is 29.5 Å². The van der Waals surface area contributed by atoms with Crippen LogP contribution in [0.3, 0.4) is 0 Å². The lowest BCUT2D eigenvalue weighted by molar-refractivity contribution is -0.126. The Bertz CT molecular complexity index is 1530. The fourth-order valence-corrected chi connectivity index (χ4v) is 5.81. The van der Waals surface area contributed by atoms with Crippen LogP contribution in [0.25, 0.3) is 11.1 Å². The second-order valence-corrected chi connectivity index (χ2v) is 15.2. The van der Waals surface area contributed by atoms with Crippen molar-refractivity contribution in [2.75, 3.05) is 20.8 Å². The fourth-order valence-electron chi connectivity index (χ4n) is 5.81. The van der Waals surface area contributed by atoms with Crippen LogP contribution in [0.1, 0.15) is 59.1 Å². The van der Waals surface area contributed by atoms with Crippen molar-refractivity contribution in [1.29, 1.82) is 0 Å². The van der Waals surface area contributed by atoms with Crippen LogP contribution in [0, 0.1) is 10.8 Å². The van der Waals surface area contributed by atoms with E-state index in [4.69, 9.17) is 9.47 Å². The van der Waals surface area contributed by atoms with Crippen molar-refractivity contribution in [2.45, 2.75) is 91.1 Å². The molecule has 0 bridgehead atoms. The van der Waals surface area contributed by atoms with Crippen molar-refractivity contribution in [1.82, 2.24) is 21.3 Å². The van der Waals surface area contributed by atoms with E-state index in [0.29, 0.717) is 19.4 Å². The number of ether oxygens (including phenoxy) is 2. The Morgan fingerprint density at radius 1 is 0.686 bits per heavy atom. The minimum atomic E-state index is -0.934. The van der Waals surface area contributed by atoms with Gasteiger partial charge in [0.2, 0.25) is 5.91 Å². The predicted molar refractivity (Wildman–Crippen MR) is 199 cm³/mol. The van der Waals surface area contributed by atoms with Gasteiger partial charge in [-0.1, -0.05) is 108 Å². The zero-order valence-electron chi connectivity index (χ0n) is 31.2. The fraction of sp³-hybridized carbons (Fsp3) is 0.475. The van der Waals surface area contributed by atoms with E-state index in [1.165, 1.54) is 14.2 Å². The number of nitrogens with one attached hydrogen (secondary N) is 4. The summed E-state index contributed by atoms with van der Waals surface area (Å²) in [7, 11) is 2.57. The number of rotatable bonds is 15. The molecule has 0 unspecified atom stereocenters. The maximum absolute atomic E-state index is 13.8. The molecule has 0 aromatic heterocycles. The van der Waals surface area contributed by atoms with Gasteiger partial charge in [-0.15, -0.1) is 0 Å². The highest BCUT2D eigenvalue weighted by Crippen LogP contribution is 2.25. The summed E-state index contributed by atoms with van der Waals surface area (Å²) in [5.41, 5.74) is 2.94. The van der Waals surface area contributed by atoms with Crippen LogP contribution < -0.4 is 21.3 Å². The third-order valence-electron chi connectivity index (χ3n) is 8.95. The van der Waals surface area contributed by atoms with Crippen LogP contribution >= 0.6 is 0 Å².